The lowest BCUT2D eigenvalue weighted by atomic mass is 9.97. The summed E-state index contributed by atoms with van der Waals surface area (Å²) in [6.45, 7) is 8.39. The molecule has 3 aromatic rings. The minimum absolute atomic E-state index is 0.0913. The molecule has 0 bridgehead atoms. The van der Waals surface area contributed by atoms with E-state index in [9.17, 15) is 9.18 Å². The van der Waals surface area contributed by atoms with Crippen LogP contribution in [0.25, 0.3) is 5.69 Å². The molecule has 1 amide bonds. The summed E-state index contributed by atoms with van der Waals surface area (Å²) in [5, 5.41) is 11.4. The van der Waals surface area contributed by atoms with Crippen LogP contribution in [0.4, 0.5) is 4.39 Å². The highest BCUT2D eigenvalue weighted by Gasteiger charge is 2.23. The van der Waals surface area contributed by atoms with Crippen LogP contribution in [0, 0.1) is 12.7 Å². The Balaban J connectivity index is 1.55. The summed E-state index contributed by atoms with van der Waals surface area (Å²) in [5.41, 5.74) is 5.66. The Labute approximate surface area is 182 Å². The SMILES string of the molecule is CC[C@@H](C)NC(=O)c1nnn(-c2cccc3c2CCN(Cc2ccc(F)cc2)C3)c1C. The number of fused-ring (bicyclic) bond motifs is 1. The van der Waals surface area contributed by atoms with Crippen LogP contribution < -0.4 is 5.32 Å². The van der Waals surface area contributed by atoms with E-state index in [1.54, 1.807) is 4.68 Å². The van der Waals surface area contributed by atoms with Crippen molar-refractivity contribution in [1.82, 2.24) is 25.2 Å². The second kappa shape index (κ2) is 8.98. The maximum absolute atomic E-state index is 13.2. The van der Waals surface area contributed by atoms with Crippen LogP contribution in [0.3, 0.4) is 0 Å². The van der Waals surface area contributed by atoms with Crippen molar-refractivity contribution in [2.45, 2.75) is 52.7 Å². The first-order valence-corrected chi connectivity index (χ1v) is 10.8. The molecule has 0 saturated carbocycles. The molecular formula is C24H28FN5O. The third-order valence-corrected chi connectivity index (χ3v) is 5.97. The Morgan fingerprint density at radius 3 is 2.74 bits per heavy atom. The molecule has 0 saturated heterocycles. The third kappa shape index (κ3) is 4.51. The van der Waals surface area contributed by atoms with Crippen LogP contribution in [0.5, 0.6) is 0 Å². The van der Waals surface area contributed by atoms with Crippen molar-refractivity contribution in [3.63, 3.8) is 0 Å². The normalized spacial score (nSPS) is 14.8. The van der Waals surface area contributed by atoms with E-state index >= 15 is 0 Å². The van der Waals surface area contributed by atoms with Crippen LogP contribution in [0.15, 0.2) is 42.5 Å². The lowest BCUT2D eigenvalue weighted by Crippen LogP contribution is -2.32. The van der Waals surface area contributed by atoms with E-state index in [2.05, 4.69) is 26.6 Å². The Morgan fingerprint density at radius 1 is 1.23 bits per heavy atom. The van der Waals surface area contributed by atoms with Gasteiger partial charge in [0.05, 0.1) is 11.4 Å². The monoisotopic (exact) mass is 421 g/mol. The van der Waals surface area contributed by atoms with Gasteiger partial charge < -0.3 is 5.32 Å². The summed E-state index contributed by atoms with van der Waals surface area (Å²) < 4.78 is 15.0. The van der Waals surface area contributed by atoms with Gasteiger partial charge >= 0.3 is 0 Å². The smallest absolute Gasteiger partial charge is 0.273 e. The Bertz CT molecular complexity index is 1080. The Morgan fingerprint density at radius 2 is 2.00 bits per heavy atom. The predicted molar refractivity (Wildman–Crippen MR) is 118 cm³/mol. The van der Waals surface area contributed by atoms with Gasteiger partial charge in [0, 0.05) is 25.7 Å². The number of benzene rings is 2. The summed E-state index contributed by atoms with van der Waals surface area (Å²) in [5.74, 6) is -0.397. The second-order valence-electron chi connectivity index (χ2n) is 8.22. The average Bonchev–Trinajstić information content (AvgIpc) is 3.16. The van der Waals surface area contributed by atoms with E-state index in [0.29, 0.717) is 5.69 Å². The maximum atomic E-state index is 13.2. The van der Waals surface area contributed by atoms with E-state index in [1.807, 2.05) is 45.0 Å². The van der Waals surface area contributed by atoms with E-state index in [4.69, 9.17) is 0 Å². The molecule has 0 spiro atoms. The summed E-state index contributed by atoms with van der Waals surface area (Å²) in [6, 6.07) is 13.0. The quantitative estimate of drug-likeness (QED) is 0.658. The van der Waals surface area contributed by atoms with Gasteiger partial charge in [0.2, 0.25) is 0 Å². The van der Waals surface area contributed by atoms with Crippen molar-refractivity contribution in [3.05, 3.63) is 76.4 Å². The Kier molecular flexibility index (Phi) is 6.13. The minimum Gasteiger partial charge on any atom is -0.348 e. The molecule has 2 aromatic carbocycles. The summed E-state index contributed by atoms with van der Waals surface area (Å²) in [6.07, 6.45) is 1.74. The summed E-state index contributed by atoms with van der Waals surface area (Å²) >= 11 is 0. The van der Waals surface area contributed by atoms with Crippen LogP contribution in [0.1, 0.15) is 53.1 Å². The van der Waals surface area contributed by atoms with Gasteiger partial charge in [0.15, 0.2) is 5.69 Å². The summed E-state index contributed by atoms with van der Waals surface area (Å²) in [4.78, 5) is 14.9. The van der Waals surface area contributed by atoms with Crippen molar-refractivity contribution < 1.29 is 9.18 Å². The first kappa shape index (κ1) is 21.2. The van der Waals surface area contributed by atoms with Gasteiger partial charge in [0.25, 0.3) is 5.91 Å². The predicted octanol–water partition coefficient (Wildman–Crippen LogP) is 3.80. The molecule has 0 fully saturated rings. The fourth-order valence-corrected chi connectivity index (χ4v) is 3.99. The van der Waals surface area contributed by atoms with Crippen molar-refractivity contribution in [1.29, 1.82) is 0 Å². The van der Waals surface area contributed by atoms with E-state index in [0.717, 1.165) is 49.4 Å². The number of hydrogen-bond donors (Lipinski definition) is 1. The molecule has 6 nitrogen and oxygen atoms in total. The molecule has 31 heavy (non-hydrogen) atoms. The largest absolute Gasteiger partial charge is 0.348 e. The van der Waals surface area contributed by atoms with Gasteiger partial charge in [0.1, 0.15) is 5.82 Å². The molecule has 4 rings (SSSR count). The van der Waals surface area contributed by atoms with Gasteiger partial charge in [-0.15, -0.1) is 5.10 Å². The van der Waals surface area contributed by atoms with Crippen LogP contribution in [-0.4, -0.2) is 38.4 Å². The number of aromatic nitrogens is 3. The van der Waals surface area contributed by atoms with Crippen molar-refractivity contribution in [2.24, 2.45) is 0 Å². The molecule has 1 aromatic heterocycles. The molecule has 0 aliphatic carbocycles. The van der Waals surface area contributed by atoms with Crippen LogP contribution in [0.2, 0.25) is 0 Å². The van der Waals surface area contributed by atoms with Gasteiger partial charge in [-0.3, -0.25) is 9.69 Å². The number of carbonyl (C=O) groups excluding carboxylic acids is 1. The number of nitrogens with zero attached hydrogens (tertiary/aromatic N) is 4. The molecule has 0 radical (unpaired) electrons. The number of rotatable bonds is 6. The lowest BCUT2D eigenvalue weighted by molar-refractivity contribution is 0.0933. The maximum Gasteiger partial charge on any atom is 0.273 e. The molecule has 1 N–H and O–H groups in total. The topological polar surface area (TPSA) is 63.1 Å². The van der Waals surface area contributed by atoms with Gasteiger partial charge in [-0.05, 0) is 61.6 Å². The van der Waals surface area contributed by atoms with Crippen LogP contribution >= 0.6 is 0 Å². The lowest BCUT2D eigenvalue weighted by Gasteiger charge is -2.30. The molecule has 1 aliphatic heterocycles. The van der Waals surface area contributed by atoms with E-state index < -0.39 is 0 Å². The molecule has 7 heteroatoms. The molecule has 162 valence electrons. The molecule has 0 unspecified atom stereocenters. The first-order chi connectivity index (χ1) is 15.0. The fourth-order valence-electron chi connectivity index (χ4n) is 3.99. The van der Waals surface area contributed by atoms with E-state index in [-0.39, 0.29) is 17.8 Å². The molecule has 2 heterocycles. The van der Waals surface area contributed by atoms with Gasteiger partial charge in [-0.25, -0.2) is 9.07 Å². The highest BCUT2D eigenvalue weighted by atomic mass is 19.1. The third-order valence-electron chi connectivity index (χ3n) is 5.97. The number of halogens is 1. The minimum atomic E-state index is -0.210. The van der Waals surface area contributed by atoms with Crippen molar-refractivity contribution in [3.8, 4) is 5.69 Å². The molecular weight excluding hydrogens is 393 g/mol. The Hall–Kier alpha value is -3.06. The zero-order valence-electron chi connectivity index (χ0n) is 18.2. The zero-order chi connectivity index (χ0) is 22.0. The van der Waals surface area contributed by atoms with Crippen LogP contribution in [-0.2, 0) is 19.5 Å². The molecule has 1 atom stereocenters. The zero-order valence-corrected chi connectivity index (χ0v) is 18.2. The van der Waals surface area contributed by atoms with Gasteiger partial charge in [-0.2, -0.15) is 0 Å². The highest BCUT2D eigenvalue weighted by Crippen LogP contribution is 2.27. The number of amides is 1. The average molecular weight is 422 g/mol. The van der Waals surface area contributed by atoms with Gasteiger partial charge in [-0.1, -0.05) is 36.4 Å². The van der Waals surface area contributed by atoms with Crippen molar-refractivity contribution >= 4 is 5.91 Å². The molecule has 1 aliphatic rings. The first-order valence-electron chi connectivity index (χ1n) is 10.8. The number of carbonyl (C=O) groups is 1. The second-order valence-corrected chi connectivity index (χ2v) is 8.22. The number of nitrogens with one attached hydrogen (secondary N) is 1. The van der Waals surface area contributed by atoms with E-state index in [1.165, 1.54) is 23.3 Å². The number of hydrogen-bond acceptors (Lipinski definition) is 4. The van der Waals surface area contributed by atoms with Crippen molar-refractivity contribution in [2.75, 3.05) is 6.54 Å². The fraction of sp³-hybridized carbons (Fsp3) is 0.375. The summed E-state index contributed by atoms with van der Waals surface area (Å²) in [7, 11) is 0. The standard InChI is InChI=1S/C24H28FN5O/c1-4-16(2)26-24(31)23-17(3)30(28-27-23)22-7-5-6-19-15-29(13-12-21(19)22)14-18-8-10-20(25)11-9-18/h5-11,16H,4,12-15H2,1-3H3,(H,26,31)/t16-/m1/s1. The highest BCUT2D eigenvalue weighted by molar-refractivity contribution is 5.93.